The Bertz CT molecular complexity index is 1810. The van der Waals surface area contributed by atoms with Crippen LogP contribution in [0.2, 0.25) is 0 Å². The summed E-state index contributed by atoms with van der Waals surface area (Å²) in [6, 6.07) is 16.5. The third-order valence-corrected chi connectivity index (χ3v) is 10.3. The molecular formula is C31H25F3N6OS3. The maximum Gasteiger partial charge on any atom is 0.227 e. The molecule has 2 aliphatic rings. The molecule has 44 heavy (non-hydrogen) atoms. The highest BCUT2D eigenvalue weighted by Crippen LogP contribution is 2.42. The third kappa shape index (κ3) is 5.96. The first kappa shape index (κ1) is 29.0. The molecule has 2 N–H and O–H groups in total. The Morgan fingerprint density at radius 3 is 2.52 bits per heavy atom. The van der Waals surface area contributed by atoms with Crippen molar-refractivity contribution in [3.8, 4) is 21.8 Å². The second-order valence-corrected chi connectivity index (χ2v) is 12.8. The smallest absolute Gasteiger partial charge is 0.227 e. The number of halogens is 3. The fraction of sp³-hybridized carbons (Fsp3) is 0.194. The SMILES string of the molecule is Fc1cccc(F)c1SNc1cccc(-c2nc(N3CCOCC3)sc2-c2ccnc(Nc3ccc4c(c3)CSC4)n2)c1F. The molecule has 2 aliphatic heterocycles. The number of rotatable bonds is 8. The van der Waals surface area contributed by atoms with Crippen LogP contribution in [0.4, 0.5) is 35.6 Å². The molecule has 13 heteroatoms. The van der Waals surface area contributed by atoms with E-state index in [0.717, 1.165) is 34.5 Å². The monoisotopic (exact) mass is 650 g/mol. The van der Waals surface area contributed by atoms with E-state index in [4.69, 9.17) is 14.7 Å². The van der Waals surface area contributed by atoms with Crippen molar-refractivity contribution in [3.05, 3.63) is 95.4 Å². The van der Waals surface area contributed by atoms with Gasteiger partial charge in [-0.2, -0.15) is 11.8 Å². The van der Waals surface area contributed by atoms with Crippen LogP contribution in [-0.4, -0.2) is 41.3 Å². The molecule has 1 fully saturated rings. The molecule has 7 rings (SSSR count). The largest absolute Gasteiger partial charge is 0.378 e. The zero-order valence-corrected chi connectivity index (χ0v) is 25.6. The number of benzene rings is 3. The Morgan fingerprint density at radius 1 is 0.886 bits per heavy atom. The molecule has 0 amide bonds. The van der Waals surface area contributed by atoms with Crippen molar-refractivity contribution < 1.29 is 17.9 Å². The minimum atomic E-state index is -0.733. The average molecular weight is 651 g/mol. The molecule has 1 saturated heterocycles. The lowest BCUT2D eigenvalue weighted by atomic mass is 10.1. The highest BCUT2D eigenvalue weighted by molar-refractivity contribution is 8.00. The summed E-state index contributed by atoms with van der Waals surface area (Å²) in [5.41, 5.74) is 4.86. The molecule has 5 aromatic rings. The number of ether oxygens (including phenoxy) is 1. The van der Waals surface area contributed by atoms with Gasteiger partial charge in [0.15, 0.2) is 10.9 Å². The van der Waals surface area contributed by atoms with Crippen LogP contribution in [0.1, 0.15) is 11.1 Å². The predicted octanol–water partition coefficient (Wildman–Crippen LogP) is 8.13. The van der Waals surface area contributed by atoms with Gasteiger partial charge >= 0.3 is 0 Å². The summed E-state index contributed by atoms with van der Waals surface area (Å²) in [5, 5.41) is 4.04. The summed E-state index contributed by atoms with van der Waals surface area (Å²) in [4.78, 5) is 16.7. The van der Waals surface area contributed by atoms with Gasteiger partial charge in [-0.3, -0.25) is 0 Å². The number of hydrogen-bond acceptors (Lipinski definition) is 10. The fourth-order valence-electron chi connectivity index (χ4n) is 4.96. The van der Waals surface area contributed by atoms with Gasteiger partial charge in [-0.25, -0.2) is 28.1 Å². The number of thiazole rings is 1. The molecule has 2 aromatic heterocycles. The van der Waals surface area contributed by atoms with E-state index in [1.54, 1.807) is 24.4 Å². The highest BCUT2D eigenvalue weighted by atomic mass is 32.2. The van der Waals surface area contributed by atoms with Crippen molar-refractivity contribution >= 4 is 57.5 Å². The standard InChI is InChI=1S/C31H25F3N6OS3/c32-22-4-2-5-23(33)28(22)44-39-24-6-1-3-21(26(24)34)27-29(43-31(38-27)40-11-13-41-14-12-40)25-9-10-35-30(37-25)36-20-8-7-18-16-42-17-19(18)15-20/h1-10,15,39H,11-14,16-17H2,(H,35,36,37). The predicted molar refractivity (Wildman–Crippen MR) is 172 cm³/mol. The first-order valence-electron chi connectivity index (χ1n) is 13.8. The lowest BCUT2D eigenvalue weighted by molar-refractivity contribution is 0.122. The lowest BCUT2D eigenvalue weighted by Gasteiger charge is -2.26. The van der Waals surface area contributed by atoms with Crippen LogP contribution in [0.3, 0.4) is 0 Å². The number of nitrogens with one attached hydrogen (secondary N) is 2. The Hall–Kier alpha value is -3.78. The summed E-state index contributed by atoms with van der Waals surface area (Å²) in [6.07, 6.45) is 1.67. The highest BCUT2D eigenvalue weighted by Gasteiger charge is 2.24. The maximum atomic E-state index is 16.1. The van der Waals surface area contributed by atoms with Crippen molar-refractivity contribution in [1.29, 1.82) is 0 Å². The van der Waals surface area contributed by atoms with Crippen LogP contribution in [0.5, 0.6) is 0 Å². The van der Waals surface area contributed by atoms with Crippen LogP contribution < -0.4 is 14.9 Å². The normalized spacial score (nSPS) is 14.5. The first-order chi connectivity index (χ1) is 21.5. The number of aromatic nitrogens is 3. The van der Waals surface area contributed by atoms with Crippen LogP contribution in [0.25, 0.3) is 21.8 Å². The Kier molecular flexibility index (Phi) is 8.35. The Morgan fingerprint density at radius 2 is 1.68 bits per heavy atom. The zero-order chi connectivity index (χ0) is 30.0. The molecule has 4 heterocycles. The minimum absolute atomic E-state index is 0.0711. The fourth-order valence-corrected chi connectivity index (χ4v) is 7.85. The molecule has 224 valence electrons. The van der Waals surface area contributed by atoms with E-state index in [0.29, 0.717) is 60.5 Å². The van der Waals surface area contributed by atoms with E-state index in [1.807, 2.05) is 17.8 Å². The van der Waals surface area contributed by atoms with E-state index in [1.165, 1.54) is 34.6 Å². The molecule has 3 aromatic carbocycles. The lowest BCUT2D eigenvalue weighted by Crippen LogP contribution is -2.36. The molecular weight excluding hydrogens is 626 g/mol. The van der Waals surface area contributed by atoms with Gasteiger partial charge in [-0.1, -0.05) is 29.5 Å². The molecule has 0 bridgehead atoms. The number of hydrogen-bond donors (Lipinski definition) is 2. The molecule has 0 saturated carbocycles. The van der Waals surface area contributed by atoms with Gasteiger partial charge < -0.3 is 19.7 Å². The number of nitrogens with zero attached hydrogens (tertiary/aromatic N) is 4. The van der Waals surface area contributed by atoms with Crippen molar-refractivity contribution in [2.45, 2.75) is 16.4 Å². The van der Waals surface area contributed by atoms with E-state index in [2.05, 4.69) is 32.1 Å². The van der Waals surface area contributed by atoms with Crippen molar-refractivity contribution in [2.24, 2.45) is 0 Å². The van der Waals surface area contributed by atoms with Gasteiger partial charge in [0, 0.05) is 42.0 Å². The van der Waals surface area contributed by atoms with Crippen LogP contribution in [0, 0.1) is 17.5 Å². The average Bonchev–Trinajstić information content (AvgIpc) is 3.70. The second-order valence-electron chi connectivity index (χ2n) is 10.1. The summed E-state index contributed by atoms with van der Waals surface area (Å²) in [7, 11) is 0. The van der Waals surface area contributed by atoms with Crippen molar-refractivity contribution in [1.82, 2.24) is 15.0 Å². The first-order valence-corrected chi connectivity index (χ1v) is 16.6. The topological polar surface area (TPSA) is 75.2 Å². The number of anilines is 4. The van der Waals surface area contributed by atoms with Gasteiger partial charge in [-0.05, 0) is 65.5 Å². The van der Waals surface area contributed by atoms with Gasteiger partial charge in [-0.15, -0.1) is 0 Å². The summed E-state index contributed by atoms with van der Waals surface area (Å²) in [6.45, 7) is 2.47. The zero-order valence-electron chi connectivity index (χ0n) is 23.1. The minimum Gasteiger partial charge on any atom is -0.378 e. The molecule has 7 nitrogen and oxygen atoms in total. The summed E-state index contributed by atoms with van der Waals surface area (Å²) in [5.74, 6) is 0.353. The van der Waals surface area contributed by atoms with Crippen LogP contribution in [0.15, 0.2) is 71.8 Å². The molecule has 0 unspecified atom stereocenters. The van der Waals surface area contributed by atoms with E-state index in [-0.39, 0.29) is 16.1 Å². The summed E-state index contributed by atoms with van der Waals surface area (Å²) < 4.78 is 52.8. The van der Waals surface area contributed by atoms with E-state index in [9.17, 15) is 8.78 Å². The molecule has 0 atom stereocenters. The van der Waals surface area contributed by atoms with Gasteiger partial charge in [0.1, 0.15) is 11.6 Å². The van der Waals surface area contributed by atoms with Gasteiger partial charge in [0.25, 0.3) is 0 Å². The molecule has 0 spiro atoms. The van der Waals surface area contributed by atoms with Crippen LogP contribution >= 0.6 is 35.0 Å². The Labute approximate surface area is 264 Å². The van der Waals surface area contributed by atoms with Crippen molar-refractivity contribution in [2.75, 3.05) is 41.2 Å². The van der Waals surface area contributed by atoms with E-state index >= 15 is 4.39 Å². The van der Waals surface area contributed by atoms with Crippen LogP contribution in [-0.2, 0) is 16.2 Å². The van der Waals surface area contributed by atoms with Crippen molar-refractivity contribution in [3.63, 3.8) is 0 Å². The quantitative estimate of drug-likeness (QED) is 0.162. The van der Waals surface area contributed by atoms with E-state index < -0.39 is 17.5 Å². The number of fused-ring (bicyclic) bond motifs is 1. The third-order valence-electron chi connectivity index (χ3n) is 7.20. The molecule has 0 radical (unpaired) electrons. The Balaban J connectivity index is 1.24. The number of morpholine rings is 1. The molecule has 0 aliphatic carbocycles. The summed E-state index contributed by atoms with van der Waals surface area (Å²) >= 11 is 3.98. The van der Waals surface area contributed by atoms with Gasteiger partial charge in [0.05, 0.1) is 40.1 Å². The van der Waals surface area contributed by atoms with Gasteiger partial charge in [0.2, 0.25) is 5.95 Å². The maximum absolute atomic E-state index is 16.1. The second kappa shape index (κ2) is 12.7. The number of thioether (sulfide) groups is 1.